The number of hydrogen-bond acceptors (Lipinski definition) is 2. The average molecular weight is 298 g/mol. The molecule has 2 aromatic carbocycles. The molecule has 3 rings (SSSR count). The first-order valence-electron chi connectivity index (χ1n) is 6.53. The molecule has 0 N–H and O–H groups in total. The molecule has 1 saturated heterocycles. The third-order valence-electron chi connectivity index (χ3n) is 3.29. The van der Waals surface area contributed by atoms with Gasteiger partial charge in [-0.05, 0) is 35.9 Å². The van der Waals surface area contributed by atoms with Gasteiger partial charge in [-0.3, -0.25) is 9.59 Å². The van der Waals surface area contributed by atoms with Crippen molar-refractivity contribution < 1.29 is 9.59 Å². The number of halogens is 1. The van der Waals surface area contributed by atoms with Crippen LogP contribution in [0.5, 0.6) is 0 Å². The minimum absolute atomic E-state index is 0.121. The standard InChI is InChI=1S/C17H12ClNO2/c18-14-6-8-15(9-7-14)19-16(20)11-13(17(19)21)10-12-4-2-1-3-5-12/h1-10H,11H2/b13-10+. The molecular weight excluding hydrogens is 286 g/mol. The summed E-state index contributed by atoms with van der Waals surface area (Å²) in [7, 11) is 0. The molecule has 0 aromatic heterocycles. The SMILES string of the molecule is O=C1C/C(=C\c2ccccc2)C(=O)N1c1ccc(Cl)cc1. The molecule has 1 aliphatic heterocycles. The second kappa shape index (κ2) is 5.54. The van der Waals surface area contributed by atoms with E-state index in [-0.39, 0.29) is 18.2 Å². The Bertz CT molecular complexity index is 720. The Hall–Kier alpha value is -2.39. The van der Waals surface area contributed by atoms with Gasteiger partial charge in [0.2, 0.25) is 5.91 Å². The maximum absolute atomic E-state index is 12.4. The van der Waals surface area contributed by atoms with Crippen molar-refractivity contribution >= 4 is 35.2 Å². The first-order valence-corrected chi connectivity index (χ1v) is 6.91. The van der Waals surface area contributed by atoms with Crippen molar-refractivity contribution in [3.05, 3.63) is 70.8 Å². The summed E-state index contributed by atoms with van der Waals surface area (Å²) in [6.45, 7) is 0. The fraction of sp³-hybridized carbons (Fsp3) is 0.0588. The molecule has 0 aliphatic carbocycles. The van der Waals surface area contributed by atoms with Crippen LogP contribution in [0, 0.1) is 0 Å². The minimum Gasteiger partial charge on any atom is -0.274 e. The van der Waals surface area contributed by atoms with Crippen LogP contribution in [0.1, 0.15) is 12.0 Å². The molecular formula is C17H12ClNO2. The summed E-state index contributed by atoms with van der Waals surface area (Å²) in [6, 6.07) is 16.2. The highest BCUT2D eigenvalue weighted by Crippen LogP contribution is 2.28. The predicted octanol–water partition coefficient (Wildman–Crippen LogP) is 3.69. The highest BCUT2D eigenvalue weighted by atomic mass is 35.5. The molecule has 3 nitrogen and oxygen atoms in total. The van der Waals surface area contributed by atoms with Gasteiger partial charge in [-0.2, -0.15) is 0 Å². The third-order valence-corrected chi connectivity index (χ3v) is 3.55. The molecule has 1 fully saturated rings. The molecule has 0 atom stereocenters. The Morgan fingerprint density at radius 3 is 2.29 bits per heavy atom. The highest BCUT2D eigenvalue weighted by Gasteiger charge is 2.34. The molecule has 0 unspecified atom stereocenters. The zero-order valence-corrected chi connectivity index (χ0v) is 11.9. The van der Waals surface area contributed by atoms with Gasteiger partial charge in [-0.25, -0.2) is 4.90 Å². The zero-order chi connectivity index (χ0) is 14.8. The quantitative estimate of drug-likeness (QED) is 0.626. The summed E-state index contributed by atoms with van der Waals surface area (Å²) in [5, 5.41) is 0.567. The van der Waals surface area contributed by atoms with E-state index in [4.69, 9.17) is 11.6 Å². The summed E-state index contributed by atoms with van der Waals surface area (Å²) < 4.78 is 0. The topological polar surface area (TPSA) is 37.4 Å². The van der Waals surface area contributed by atoms with E-state index in [0.29, 0.717) is 16.3 Å². The van der Waals surface area contributed by atoms with Crippen LogP contribution in [-0.2, 0) is 9.59 Å². The maximum Gasteiger partial charge on any atom is 0.261 e. The van der Waals surface area contributed by atoms with Crippen LogP contribution in [0.3, 0.4) is 0 Å². The van der Waals surface area contributed by atoms with Crippen molar-refractivity contribution in [1.29, 1.82) is 0 Å². The van der Waals surface area contributed by atoms with Gasteiger partial charge >= 0.3 is 0 Å². The summed E-state index contributed by atoms with van der Waals surface area (Å²) in [6.07, 6.45) is 1.88. The molecule has 1 heterocycles. The van der Waals surface area contributed by atoms with Crippen LogP contribution < -0.4 is 4.90 Å². The molecule has 4 heteroatoms. The Morgan fingerprint density at radius 2 is 1.62 bits per heavy atom. The van der Waals surface area contributed by atoms with Gasteiger partial charge < -0.3 is 0 Å². The molecule has 0 saturated carbocycles. The van der Waals surface area contributed by atoms with E-state index < -0.39 is 0 Å². The van der Waals surface area contributed by atoms with Crippen molar-refractivity contribution in [3.63, 3.8) is 0 Å². The van der Waals surface area contributed by atoms with Crippen LogP contribution in [-0.4, -0.2) is 11.8 Å². The number of anilines is 1. The lowest BCUT2D eigenvalue weighted by molar-refractivity contribution is -0.120. The van der Waals surface area contributed by atoms with E-state index in [0.717, 1.165) is 5.56 Å². The van der Waals surface area contributed by atoms with Crippen LogP contribution in [0.15, 0.2) is 60.2 Å². The largest absolute Gasteiger partial charge is 0.274 e. The number of benzene rings is 2. The number of carbonyl (C=O) groups is 2. The molecule has 0 radical (unpaired) electrons. The van der Waals surface area contributed by atoms with Gasteiger partial charge in [-0.15, -0.1) is 0 Å². The lowest BCUT2D eigenvalue weighted by Gasteiger charge is -2.13. The van der Waals surface area contributed by atoms with Crippen molar-refractivity contribution in [2.45, 2.75) is 6.42 Å². The van der Waals surface area contributed by atoms with Gasteiger partial charge in [0.1, 0.15) is 0 Å². The summed E-state index contributed by atoms with van der Waals surface area (Å²) >= 11 is 5.83. The fourth-order valence-electron chi connectivity index (χ4n) is 2.29. The van der Waals surface area contributed by atoms with Crippen LogP contribution in [0.2, 0.25) is 5.02 Å². The molecule has 21 heavy (non-hydrogen) atoms. The van der Waals surface area contributed by atoms with E-state index >= 15 is 0 Å². The number of carbonyl (C=O) groups excluding carboxylic acids is 2. The normalized spacial score (nSPS) is 16.8. The molecule has 2 amide bonds. The van der Waals surface area contributed by atoms with E-state index in [9.17, 15) is 9.59 Å². The number of nitrogens with zero attached hydrogens (tertiary/aromatic N) is 1. The fourth-order valence-corrected chi connectivity index (χ4v) is 2.42. The monoisotopic (exact) mass is 297 g/mol. The van der Waals surface area contributed by atoms with Gasteiger partial charge in [0.05, 0.1) is 12.1 Å². The van der Waals surface area contributed by atoms with Crippen LogP contribution >= 0.6 is 11.6 Å². The van der Waals surface area contributed by atoms with E-state index in [1.54, 1.807) is 30.3 Å². The molecule has 0 bridgehead atoms. The maximum atomic E-state index is 12.4. The van der Waals surface area contributed by atoms with Crippen molar-refractivity contribution in [1.82, 2.24) is 0 Å². The van der Waals surface area contributed by atoms with E-state index in [1.165, 1.54) is 4.90 Å². The summed E-state index contributed by atoms with van der Waals surface area (Å²) in [4.78, 5) is 25.7. The van der Waals surface area contributed by atoms with E-state index in [1.807, 2.05) is 30.3 Å². The van der Waals surface area contributed by atoms with Gasteiger partial charge in [0.25, 0.3) is 5.91 Å². The summed E-state index contributed by atoms with van der Waals surface area (Å²) in [5.74, 6) is -0.490. The van der Waals surface area contributed by atoms with Crippen molar-refractivity contribution in [2.75, 3.05) is 4.90 Å². The lowest BCUT2D eigenvalue weighted by atomic mass is 10.1. The first-order chi connectivity index (χ1) is 10.1. The Balaban J connectivity index is 1.92. The van der Waals surface area contributed by atoms with Crippen molar-refractivity contribution in [2.24, 2.45) is 0 Å². The highest BCUT2D eigenvalue weighted by molar-refractivity contribution is 6.31. The zero-order valence-electron chi connectivity index (χ0n) is 11.1. The molecule has 0 spiro atoms. The number of hydrogen-bond donors (Lipinski definition) is 0. The molecule has 1 aliphatic rings. The number of imide groups is 1. The number of amides is 2. The summed E-state index contributed by atoms with van der Waals surface area (Å²) in [5.41, 5.74) is 1.96. The minimum atomic E-state index is -0.272. The molecule has 104 valence electrons. The number of rotatable bonds is 2. The molecule has 2 aromatic rings. The lowest BCUT2D eigenvalue weighted by Crippen LogP contribution is -2.28. The Kier molecular flexibility index (Phi) is 3.59. The second-order valence-corrected chi connectivity index (χ2v) is 5.20. The van der Waals surface area contributed by atoms with Crippen LogP contribution in [0.25, 0.3) is 6.08 Å². The van der Waals surface area contributed by atoms with Gasteiger partial charge in [0.15, 0.2) is 0 Å². The van der Waals surface area contributed by atoms with E-state index in [2.05, 4.69) is 0 Å². The van der Waals surface area contributed by atoms with Crippen LogP contribution in [0.4, 0.5) is 5.69 Å². The Morgan fingerprint density at radius 1 is 0.952 bits per heavy atom. The Labute approximate surface area is 127 Å². The second-order valence-electron chi connectivity index (χ2n) is 4.77. The predicted molar refractivity (Wildman–Crippen MR) is 83.0 cm³/mol. The average Bonchev–Trinajstić information content (AvgIpc) is 2.76. The first kappa shape index (κ1) is 13.6. The smallest absolute Gasteiger partial charge is 0.261 e. The third kappa shape index (κ3) is 2.73. The van der Waals surface area contributed by atoms with Crippen molar-refractivity contribution in [3.8, 4) is 0 Å². The van der Waals surface area contributed by atoms with Gasteiger partial charge in [0, 0.05) is 10.6 Å². The van der Waals surface area contributed by atoms with Gasteiger partial charge in [-0.1, -0.05) is 41.9 Å².